The lowest BCUT2D eigenvalue weighted by Crippen LogP contribution is -2.59. The molecule has 1 aliphatic carbocycles. The molecular formula is C40H44ClN13O3. The van der Waals surface area contributed by atoms with Crippen LogP contribution in [0.1, 0.15) is 62.6 Å². The summed E-state index contributed by atoms with van der Waals surface area (Å²) in [7, 11) is 0. The van der Waals surface area contributed by atoms with E-state index in [0.29, 0.717) is 71.0 Å². The van der Waals surface area contributed by atoms with Crippen LogP contribution in [0.15, 0.2) is 55.0 Å². The Bertz CT molecular complexity index is 2190. The van der Waals surface area contributed by atoms with Gasteiger partial charge in [0.2, 0.25) is 5.91 Å². The number of urea groups is 1. The number of hydrogen-bond acceptors (Lipinski definition) is 13. The molecule has 4 aromatic rings. The number of ether oxygens (including phenoxy) is 1. The summed E-state index contributed by atoms with van der Waals surface area (Å²) in [5.74, 6) is 1.55. The lowest BCUT2D eigenvalue weighted by atomic mass is 9.79. The molecule has 0 bridgehead atoms. The van der Waals surface area contributed by atoms with Gasteiger partial charge in [0.15, 0.2) is 0 Å². The maximum Gasteiger partial charge on any atom is 0.328 e. The number of aromatic nitrogens is 5. The third-order valence-electron chi connectivity index (χ3n) is 11.6. The molecule has 294 valence electrons. The molecule has 17 heteroatoms. The van der Waals surface area contributed by atoms with Crippen molar-refractivity contribution < 1.29 is 14.3 Å². The van der Waals surface area contributed by atoms with Gasteiger partial charge >= 0.3 is 6.03 Å². The van der Waals surface area contributed by atoms with Crippen molar-refractivity contribution in [3.8, 4) is 17.8 Å². The first kappa shape index (κ1) is 38.1. The molecule has 3 amide bonds. The van der Waals surface area contributed by atoms with E-state index in [1.165, 1.54) is 12.3 Å². The Morgan fingerprint density at radius 1 is 1.00 bits per heavy atom. The minimum Gasteiger partial charge on any atom is -0.378 e. The Balaban J connectivity index is 0.851. The van der Waals surface area contributed by atoms with Gasteiger partial charge in [0.05, 0.1) is 65.7 Å². The summed E-state index contributed by atoms with van der Waals surface area (Å²) in [5.41, 5.74) is 4.52. The van der Waals surface area contributed by atoms with E-state index in [1.54, 1.807) is 28.8 Å². The van der Waals surface area contributed by atoms with Crippen LogP contribution >= 0.6 is 11.6 Å². The number of carbonyl (C=O) groups is 2. The van der Waals surface area contributed by atoms with Crippen molar-refractivity contribution in [1.82, 2.24) is 35.2 Å². The number of imide groups is 1. The smallest absolute Gasteiger partial charge is 0.328 e. The highest BCUT2D eigenvalue weighted by Crippen LogP contribution is 2.38. The Morgan fingerprint density at radius 2 is 1.79 bits per heavy atom. The van der Waals surface area contributed by atoms with Crippen molar-refractivity contribution in [2.75, 3.05) is 59.8 Å². The molecule has 3 atom stereocenters. The fourth-order valence-corrected chi connectivity index (χ4v) is 8.66. The fraction of sp³-hybridized carbons (Fsp3) is 0.450. The molecule has 0 unspecified atom stereocenters. The number of anilines is 5. The molecule has 3 aromatic heterocycles. The van der Waals surface area contributed by atoms with Gasteiger partial charge in [-0.25, -0.2) is 19.4 Å². The second kappa shape index (κ2) is 16.7. The van der Waals surface area contributed by atoms with Crippen LogP contribution in [-0.4, -0.2) is 99.3 Å². The topological polar surface area (TPSA) is 193 Å². The second-order valence-electron chi connectivity index (χ2n) is 15.1. The molecule has 57 heavy (non-hydrogen) atoms. The normalized spacial score (nSPS) is 22.9. The first-order valence-electron chi connectivity index (χ1n) is 19.5. The van der Waals surface area contributed by atoms with Gasteiger partial charge in [0, 0.05) is 55.6 Å². The number of benzene rings is 1. The summed E-state index contributed by atoms with van der Waals surface area (Å²) in [6, 6.07) is 15.4. The minimum atomic E-state index is -0.478. The number of carbonyl (C=O) groups excluding carboxylic acids is 2. The molecule has 6 heterocycles. The summed E-state index contributed by atoms with van der Waals surface area (Å²) in [5, 5.41) is 36.8. The van der Waals surface area contributed by atoms with E-state index in [0.717, 1.165) is 75.4 Å². The van der Waals surface area contributed by atoms with Gasteiger partial charge in [-0.1, -0.05) is 16.8 Å². The van der Waals surface area contributed by atoms with Crippen LogP contribution in [0.5, 0.6) is 0 Å². The number of nitriles is 2. The molecule has 3 aliphatic heterocycles. The number of nitrogens with zero attached hydrogens (tertiary/aromatic N) is 10. The largest absolute Gasteiger partial charge is 0.378 e. The standard InChI is InChI=1S/C40H44ClN13O3/c1-25(18-42)46-32-17-37(47-39-31(41)16-27(19-43)20-45-39)44-21-34(32)54-22-33(49-50-54)28-4-2-26(3-5-28)10-12-51-14-15-52(36-24-57-23-35(36)51)29-6-8-30(9-7-29)53-13-11-38(55)48-40(53)56/h6-9,16-17,20-22,25-26,28,35-36H,2-5,10-15,23-24H2,1H3,(H,48,55,56)(H2,44,45,46,47)/t25-,26?,28?,35+,36-/m1/s1. The predicted molar refractivity (Wildman–Crippen MR) is 214 cm³/mol. The van der Waals surface area contributed by atoms with Gasteiger partial charge in [0.25, 0.3) is 0 Å². The van der Waals surface area contributed by atoms with E-state index in [-0.39, 0.29) is 18.0 Å². The average Bonchev–Trinajstić information content (AvgIpc) is 3.93. The SMILES string of the molecule is C[C@H](C#N)Nc1cc(Nc2ncc(C#N)cc2Cl)ncc1-n1cc(C2CCC(CCN3CCN(c4ccc(N5CCC(=O)NC5=O)cc4)[C@@H]4COC[C@@H]43)CC2)nn1. The first-order chi connectivity index (χ1) is 27.8. The third-order valence-corrected chi connectivity index (χ3v) is 11.9. The van der Waals surface area contributed by atoms with E-state index >= 15 is 0 Å². The fourth-order valence-electron chi connectivity index (χ4n) is 8.45. The molecule has 4 fully saturated rings. The molecule has 4 aliphatic rings. The van der Waals surface area contributed by atoms with E-state index < -0.39 is 6.04 Å². The summed E-state index contributed by atoms with van der Waals surface area (Å²) >= 11 is 6.33. The van der Waals surface area contributed by atoms with Gasteiger partial charge in [0.1, 0.15) is 29.4 Å². The van der Waals surface area contributed by atoms with E-state index in [2.05, 4.69) is 64.2 Å². The Morgan fingerprint density at radius 3 is 2.54 bits per heavy atom. The van der Waals surface area contributed by atoms with Crippen molar-refractivity contribution >= 4 is 52.2 Å². The van der Waals surface area contributed by atoms with Crippen molar-refractivity contribution in [2.45, 2.75) is 69.5 Å². The number of rotatable bonds is 11. The summed E-state index contributed by atoms with van der Waals surface area (Å²) in [6.45, 7) is 6.52. The quantitative estimate of drug-likeness (QED) is 0.176. The maximum absolute atomic E-state index is 12.3. The number of piperazine rings is 1. The second-order valence-corrected chi connectivity index (χ2v) is 15.5. The van der Waals surface area contributed by atoms with Gasteiger partial charge in [-0.15, -0.1) is 5.10 Å². The highest BCUT2D eigenvalue weighted by Gasteiger charge is 2.41. The zero-order valence-corrected chi connectivity index (χ0v) is 32.4. The molecule has 16 nitrogen and oxygen atoms in total. The highest BCUT2D eigenvalue weighted by atomic mass is 35.5. The van der Waals surface area contributed by atoms with E-state index in [9.17, 15) is 14.9 Å². The first-order valence-corrected chi connectivity index (χ1v) is 19.9. The average molecular weight is 790 g/mol. The number of hydrogen-bond donors (Lipinski definition) is 3. The number of fused-ring (bicyclic) bond motifs is 1. The van der Waals surface area contributed by atoms with E-state index in [4.69, 9.17) is 21.6 Å². The Hall–Kier alpha value is -5.81. The molecule has 3 saturated heterocycles. The summed E-state index contributed by atoms with van der Waals surface area (Å²) in [4.78, 5) is 39.4. The van der Waals surface area contributed by atoms with Gasteiger partial charge in [-0.05, 0) is 81.8 Å². The van der Waals surface area contributed by atoms with Gasteiger partial charge in [-0.3, -0.25) is 19.9 Å². The number of amides is 3. The van der Waals surface area contributed by atoms with Crippen molar-refractivity contribution in [1.29, 1.82) is 10.5 Å². The monoisotopic (exact) mass is 789 g/mol. The van der Waals surface area contributed by atoms with Crippen LogP contribution in [0.2, 0.25) is 5.02 Å². The molecular weight excluding hydrogens is 746 g/mol. The van der Waals surface area contributed by atoms with Crippen molar-refractivity contribution in [3.63, 3.8) is 0 Å². The number of halogens is 1. The lowest BCUT2D eigenvalue weighted by Gasteiger charge is -2.45. The molecule has 0 spiro atoms. The van der Waals surface area contributed by atoms with Crippen molar-refractivity contribution in [3.05, 3.63) is 71.3 Å². The molecule has 1 aromatic carbocycles. The Kier molecular flexibility index (Phi) is 11.2. The van der Waals surface area contributed by atoms with E-state index in [1.807, 2.05) is 24.4 Å². The maximum atomic E-state index is 12.3. The van der Waals surface area contributed by atoms with Crippen molar-refractivity contribution in [2.24, 2.45) is 5.92 Å². The van der Waals surface area contributed by atoms with Gasteiger partial charge in [-0.2, -0.15) is 10.5 Å². The summed E-state index contributed by atoms with van der Waals surface area (Å²) in [6.07, 6.45) is 10.9. The number of nitrogens with one attached hydrogen (secondary N) is 3. The van der Waals surface area contributed by atoms with Crippen LogP contribution in [0.4, 0.5) is 33.5 Å². The summed E-state index contributed by atoms with van der Waals surface area (Å²) < 4.78 is 7.76. The van der Waals surface area contributed by atoms with Crippen LogP contribution in [0.25, 0.3) is 5.69 Å². The zero-order valence-electron chi connectivity index (χ0n) is 31.6. The lowest BCUT2D eigenvalue weighted by molar-refractivity contribution is -0.120. The number of pyridine rings is 2. The zero-order chi connectivity index (χ0) is 39.5. The van der Waals surface area contributed by atoms with Crippen LogP contribution in [0.3, 0.4) is 0 Å². The Labute approximate surface area is 335 Å². The molecule has 1 saturated carbocycles. The molecule has 8 rings (SSSR count). The predicted octanol–water partition coefficient (Wildman–Crippen LogP) is 5.35. The molecule has 0 radical (unpaired) electrons. The van der Waals surface area contributed by atoms with Crippen LogP contribution < -0.4 is 25.8 Å². The third kappa shape index (κ3) is 8.34. The molecule has 3 N–H and O–H groups in total. The highest BCUT2D eigenvalue weighted by molar-refractivity contribution is 6.33. The van der Waals surface area contributed by atoms with Gasteiger partial charge < -0.3 is 20.3 Å². The van der Waals surface area contributed by atoms with Crippen LogP contribution in [-0.2, 0) is 9.53 Å². The minimum absolute atomic E-state index is 0.234. The van der Waals surface area contributed by atoms with Crippen LogP contribution in [0, 0.1) is 28.6 Å².